The molecule has 18 heteroatoms. The predicted molar refractivity (Wildman–Crippen MR) is 272 cm³/mol. The highest BCUT2D eigenvalue weighted by molar-refractivity contribution is 7.90. The lowest BCUT2D eigenvalue weighted by molar-refractivity contribution is -0.384. The first kappa shape index (κ1) is 48.9. The smallest absolute Gasteiger partial charge is 0.293 e. The summed E-state index contributed by atoms with van der Waals surface area (Å²) >= 11 is 0. The van der Waals surface area contributed by atoms with Gasteiger partial charge in [-0.05, 0) is 124 Å². The Morgan fingerprint density at radius 2 is 1.72 bits per heavy atom. The van der Waals surface area contributed by atoms with E-state index in [2.05, 4.69) is 72.8 Å². The fourth-order valence-electron chi connectivity index (χ4n) is 12.0. The number of anilines is 2. The van der Waals surface area contributed by atoms with Gasteiger partial charge in [-0.25, -0.2) is 23.1 Å². The Balaban J connectivity index is 0.834. The zero-order valence-corrected chi connectivity index (χ0v) is 41.8. The Hall–Kier alpha value is -5.66. The summed E-state index contributed by atoms with van der Waals surface area (Å²) in [6.45, 7) is 13.2. The van der Waals surface area contributed by atoms with E-state index in [1.165, 1.54) is 35.7 Å². The molecule has 0 radical (unpaired) electrons. The van der Waals surface area contributed by atoms with Crippen molar-refractivity contribution in [1.29, 1.82) is 0 Å². The molecule has 378 valence electrons. The lowest BCUT2D eigenvalue weighted by Gasteiger charge is -2.59. The number of nitro groups is 1. The number of pyridine rings is 2. The third kappa shape index (κ3) is 10.6. The molecule has 3 aliphatic heterocycles. The number of nitro benzene ring substituents is 1. The number of hydrogen-bond donors (Lipinski definition) is 4. The molecule has 3 saturated heterocycles. The Morgan fingerprint density at radius 1 is 0.958 bits per heavy atom. The molecule has 4 N–H and O–H groups in total. The number of aromatic amines is 1. The van der Waals surface area contributed by atoms with Gasteiger partial charge in [-0.1, -0.05) is 38.1 Å². The predicted octanol–water partition coefficient (Wildman–Crippen LogP) is 8.54. The van der Waals surface area contributed by atoms with Crippen LogP contribution in [-0.4, -0.2) is 119 Å². The summed E-state index contributed by atoms with van der Waals surface area (Å²) in [6.07, 6.45) is 13.9. The first-order valence-corrected chi connectivity index (χ1v) is 27.0. The van der Waals surface area contributed by atoms with Crippen LogP contribution >= 0.6 is 0 Å². The molecule has 2 aromatic carbocycles. The number of fused-ring (bicyclic) bond motifs is 1. The molecule has 1 spiro atoms. The van der Waals surface area contributed by atoms with Crippen molar-refractivity contribution in [1.82, 2.24) is 29.5 Å². The van der Waals surface area contributed by atoms with Gasteiger partial charge in [0.15, 0.2) is 0 Å². The van der Waals surface area contributed by atoms with Gasteiger partial charge >= 0.3 is 0 Å². The number of benzene rings is 2. The number of carbonyl (C=O) groups excluding carboxylic acids is 1. The topological polar surface area (TPSA) is 208 Å². The number of H-pyrrole nitrogens is 1. The van der Waals surface area contributed by atoms with Crippen LogP contribution in [-0.2, 0) is 14.8 Å². The largest absolute Gasteiger partial charge is 0.455 e. The number of ether oxygens (including phenoxy) is 2. The average Bonchev–Trinajstić information content (AvgIpc) is 3.83. The highest BCUT2D eigenvalue weighted by Crippen LogP contribution is 2.53. The maximum absolute atomic E-state index is 14.0. The second-order valence-electron chi connectivity index (χ2n) is 21.3. The van der Waals surface area contributed by atoms with Crippen molar-refractivity contribution in [3.05, 3.63) is 106 Å². The van der Waals surface area contributed by atoms with Crippen LogP contribution in [0.2, 0.25) is 0 Å². The Bertz CT molecular complexity index is 2840. The maximum Gasteiger partial charge on any atom is 0.293 e. The number of aromatic nitrogens is 3. The van der Waals surface area contributed by atoms with E-state index in [1.54, 1.807) is 18.3 Å². The van der Waals surface area contributed by atoms with E-state index >= 15 is 0 Å². The van der Waals surface area contributed by atoms with Crippen LogP contribution in [0.3, 0.4) is 0 Å². The number of rotatable bonds is 14. The number of piperidine rings is 1. The number of carbonyl (C=O) groups is 1. The summed E-state index contributed by atoms with van der Waals surface area (Å²) in [5.74, 6) is 0.662. The number of hydrogen-bond acceptors (Lipinski definition) is 14. The van der Waals surface area contributed by atoms with Gasteiger partial charge in [0.05, 0.1) is 21.6 Å². The minimum Gasteiger partial charge on any atom is -0.455 e. The van der Waals surface area contributed by atoms with E-state index in [9.17, 15) is 28.4 Å². The number of nitrogens with one attached hydrogen (secondary N) is 3. The minimum absolute atomic E-state index is 0.0887. The Labute approximate surface area is 415 Å². The molecule has 1 unspecified atom stereocenters. The molecule has 5 aliphatic rings. The second kappa shape index (κ2) is 20.1. The van der Waals surface area contributed by atoms with Crippen LogP contribution in [0, 0.1) is 21.4 Å². The van der Waals surface area contributed by atoms with Crippen LogP contribution in [0.15, 0.2) is 84.1 Å². The second-order valence-corrected chi connectivity index (χ2v) is 23.0. The van der Waals surface area contributed by atoms with E-state index in [0.29, 0.717) is 60.6 Å². The number of sulfonamides is 1. The molecule has 1 atom stereocenters. The third-order valence-corrected chi connectivity index (χ3v) is 17.6. The summed E-state index contributed by atoms with van der Waals surface area (Å²) in [7, 11) is -4.61. The van der Waals surface area contributed by atoms with Crippen LogP contribution < -0.4 is 19.7 Å². The molecule has 17 nitrogen and oxygen atoms in total. The van der Waals surface area contributed by atoms with Gasteiger partial charge in [0, 0.05) is 101 Å². The van der Waals surface area contributed by atoms with Crippen LogP contribution in [0.5, 0.6) is 11.5 Å². The highest BCUT2D eigenvalue weighted by Gasteiger charge is 2.50. The van der Waals surface area contributed by atoms with Crippen molar-refractivity contribution in [2.45, 2.75) is 120 Å². The molecule has 2 aliphatic carbocycles. The van der Waals surface area contributed by atoms with E-state index < -0.39 is 37.0 Å². The molecule has 6 heterocycles. The van der Waals surface area contributed by atoms with Gasteiger partial charge in [-0.2, -0.15) is 0 Å². The van der Waals surface area contributed by atoms with Gasteiger partial charge < -0.3 is 29.8 Å². The lowest BCUT2D eigenvalue weighted by atomic mass is 9.59. The van der Waals surface area contributed by atoms with Crippen LogP contribution in [0.1, 0.15) is 118 Å². The molecule has 1 amide bonds. The van der Waals surface area contributed by atoms with Crippen LogP contribution in [0.4, 0.5) is 17.2 Å². The minimum atomic E-state index is -4.61. The average molecular weight is 990 g/mol. The zero-order chi connectivity index (χ0) is 49.5. The fourth-order valence-corrected chi connectivity index (χ4v) is 13.0. The molecular weight excluding hydrogens is 923 g/mol. The highest BCUT2D eigenvalue weighted by atomic mass is 32.2. The van der Waals surface area contributed by atoms with Crippen molar-refractivity contribution >= 4 is 44.2 Å². The molecule has 3 aromatic heterocycles. The monoisotopic (exact) mass is 989 g/mol. The quantitative estimate of drug-likeness (QED) is 0.0608. The number of nitrogens with zero attached hydrogens (tertiary/aromatic N) is 6. The molecule has 10 rings (SSSR count). The summed E-state index contributed by atoms with van der Waals surface area (Å²) in [4.78, 5) is 45.2. The van der Waals surface area contributed by atoms with Crippen molar-refractivity contribution in [3.8, 4) is 11.5 Å². The van der Waals surface area contributed by atoms with Gasteiger partial charge in [-0.3, -0.25) is 24.7 Å². The maximum atomic E-state index is 14.0. The van der Waals surface area contributed by atoms with Crippen molar-refractivity contribution in [2.24, 2.45) is 11.3 Å². The standard InChI is InChI=1S/C53H67N9O8S/c1-35(2)42-6-4-5-7-43(42)47-34-60(38-13-24-69-25-14-38)22-23-61(47)39-29-53(30-39)17-20-59(21-18-53)49-28-48(70-40-26-37-12-19-54-50(37)57-32-40)44(33-56-49)51(63)58-71(67,68)41-8-9-45(46(27-41)62(65)66)55-31-36-10-15-52(3,64)16-11-36/h4-9,12,19,26-28,32-33,35-36,38-39,47,55,64H,10-11,13-18,20-25,29-31,34H2,1-3H3,(H,54,57)(H,58,63)/t36-,47?,52-. The zero-order valence-electron chi connectivity index (χ0n) is 41.0. The van der Waals surface area contributed by atoms with E-state index in [0.717, 1.165) is 109 Å². The van der Waals surface area contributed by atoms with Gasteiger partial charge in [0.25, 0.3) is 21.6 Å². The van der Waals surface area contributed by atoms with Crippen molar-refractivity contribution in [2.75, 3.05) is 62.7 Å². The fraction of sp³-hybridized carbons (Fsp3) is 0.528. The van der Waals surface area contributed by atoms with Gasteiger partial charge in [0.2, 0.25) is 0 Å². The van der Waals surface area contributed by atoms with E-state index in [-0.39, 0.29) is 28.3 Å². The van der Waals surface area contributed by atoms with E-state index in [1.807, 2.05) is 13.0 Å². The Morgan fingerprint density at radius 3 is 2.46 bits per heavy atom. The van der Waals surface area contributed by atoms with Crippen LogP contribution in [0.25, 0.3) is 11.0 Å². The van der Waals surface area contributed by atoms with Gasteiger partial charge in [0.1, 0.15) is 34.2 Å². The first-order chi connectivity index (χ1) is 34.1. The summed E-state index contributed by atoms with van der Waals surface area (Å²) in [5.41, 5.74) is 2.67. The molecule has 71 heavy (non-hydrogen) atoms. The van der Waals surface area contributed by atoms with Crippen molar-refractivity contribution < 1.29 is 32.7 Å². The molecule has 2 saturated carbocycles. The van der Waals surface area contributed by atoms with Crippen molar-refractivity contribution in [3.63, 3.8) is 0 Å². The van der Waals surface area contributed by atoms with E-state index in [4.69, 9.17) is 14.5 Å². The number of piperazine rings is 1. The summed E-state index contributed by atoms with van der Waals surface area (Å²) < 4.78 is 41.8. The third-order valence-electron chi connectivity index (χ3n) is 16.3. The summed E-state index contributed by atoms with van der Waals surface area (Å²) in [6, 6.07) is 19.3. The molecule has 0 bridgehead atoms. The van der Waals surface area contributed by atoms with Gasteiger partial charge in [-0.15, -0.1) is 0 Å². The normalized spacial score (nSPS) is 23.7. The summed E-state index contributed by atoms with van der Waals surface area (Å²) in [5, 5.41) is 26.4. The number of amides is 1. The lowest BCUT2D eigenvalue weighted by Crippen LogP contribution is -2.61. The SMILES string of the molecule is CC(C)c1ccccc1C1CN(C2CCOCC2)CCN1C1CC2(CCN(c3cc(Oc4cnc5[nH]ccc5c4)c(C(=O)NS(=O)(=O)c4ccc(NC[C@H]5CC[C@](C)(O)CC5)c([N+](=O)[O-])c4)cn3)CC2)C1. The molecule has 5 aromatic rings. The Kier molecular flexibility index (Phi) is 13.9. The first-order valence-electron chi connectivity index (χ1n) is 25.5. The molecular formula is C53H67N9O8S. The number of aliphatic hydroxyl groups is 1. The molecule has 5 fully saturated rings.